The molecule has 1 atom stereocenters. The maximum atomic E-state index is 12.4. The molecule has 0 fully saturated rings. The molecule has 3 aromatic rings. The first-order valence-corrected chi connectivity index (χ1v) is 8.93. The number of rotatable bonds is 5. The van der Waals surface area contributed by atoms with Gasteiger partial charge in [0.2, 0.25) is 0 Å². The predicted molar refractivity (Wildman–Crippen MR) is 101 cm³/mol. The first-order valence-electron chi connectivity index (χ1n) is 7.67. The summed E-state index contributed by atoms with van der Waals surface area (Å²) < 4.78 is 5.56. The van der Waals surface area contributed by atoms with E-state index in [1.54, 1.807) is 23.5 Å². The van der Waals surface area contributed by atoms with Gasteiger partial charge in [-0.2, -0.15) is 0 Å². The number of benzene rings is 1. The molecule has 130 valence electrons. The van der Waals surface area contributed by atoms with E-state index in [1.165, 1.54) is 12.1 Å². The highest BCUT2D eigenvalue weighted by molar-refractivity contribution is 7.10. The molecule has 1 aromatic carbocycles. The average molecular weight is 377 g/mol. The largest absolute Gasteiger partial charge is 0.451 e. The van der Waals surface area contributed by atoms with Crippen LogP contribution in [0, 0.1) is 0 Å². The molecule has 2 heterocycles. The number of halogens is 1. The van der Waals surface area contributed by atoms with E-state index in [9.17, 15) is 9.59 Å². The summed E-state index contributed by atoms with van der Waals surface area (Å²) in [7, 11) is 3.91. The number of nitrogens with zero attached hydrogens (tertiary/aromatic N) is 1. The van der Waals surface area contributed by atoms with Gasteiger partial charge in [-0.3, -0.25) is 9.59 Å². The predicted octanol–water partition coefficient (Wildman–Crippen LogP) is 3.54. The number of hydrogen-bond donors (Lipinski definition) is 1. The second-order valence-electron chi connectivity index (χ2n) is 5.82. The van der Waals surface area contributed by atoms with Crippen LogP contribution in [0.3, 0.4) is 0 Å². The number of nitrogens with one attached hydrogen (secondary N) is 1. The molecule has 1 N–H and O–H groups in total. The van der Waals surface area contributed by atoms with Gasteiger partial charge in [0.25, 0.3) is 5.91 Å². The Morgan fingerprint density at radius 2 is 2.12 bits per heavy atom. The Labute approximate surface area is 153 Å². The molecular weight excluding hydrogens is 360 g/mol. The standard InChI is InChI=1S/C18H17ClN2O3S/c1-21(2)13(17-4-3-7-25-17)10-20-18(23)16-9-14(22)12-8-11(19)5-6-15(12)24-16/h3-9,13H,10H2,1-2H3,(H,20,23)/t13-/m1/s1. The molecule has 0 radical (unpaired) electrons. The van der Waals surface area contributed by atoms with Gasteiger partial charge < -0.3 is 14.6 Å². The molecular formula is C18H17ClN2O3S. The molecule has 0 saturated heterocycles. The zero-order chi connectivity index (χ0) is 18.0. The van der Waals surface area contributed by atoms with Crippen molar-refractivity contribution in [2.75, 3.05) is 20.6 Å². The molecule has 0 spiro atoms. The van der Waals surface area contributed by atoms with E-state index >= 15 is 0 Å². The summed E-state index contributed by atoms with van der Waals surface area (Å²) in [6, 6.07) is 9.99. The third-order valence-corrected chi connectivity index (χ3v) is 5.07. The molecule has 2 aromatic heterocycles. The molecule has 0 bridgehead atoms. The topological polar surface area (TPSA) is 62.6 Å². The smallest absolute Gasteiger partial charge is 0.287 e. The van der Waals surface area contributed by atoms with Gasteiger partial charge in [0.1, 0.15) is 5.58 Å². The molecule has 0 aliphatic rings. The van der Waals surface area contributed by atoms with E-state index in [1.807, 2.05) is 36.5 Å². The van der Waals surface area contributed by atoms with Crippen molar-refractivity contribution in [2.45, 2.75) is 6.04 Å². The fourth-order valence-electron chi connectivity index (χ4n) is 2.54. The second kappa shape index (κ2) is 7.39. The minimum absolute atomic E-state index is 0.0106. The molecule has 25 heavy (non-hydrogen) atoms. The molecule has 5 nitrogen and oxygen atoms in total. The van der Waals surface area contributed by atoms with Crippen LogP contribution in [0.15, 0.2) is 51.0 Å². The van der Waals surface area contributed by atoms with Crippen LogP contribution in [-0.4, -0.2) is 31.4 Å². The molecule has 0 aliphatic heterocycles. The Hall–Kier alpha value is -2.15. The third-order valence-electron chi connectivity index (χ3n) is 3.86. The Bertz CT molecular complexity index is 951. The molecule has 3 rings (SSSR count). The third kappa shape index (κ3) is 3.92. The van der Waals surface area contributed by atoms with Crippen LogP contribution in [-0.2, 0) is 0 Å². The lowest BCUT2D eigenvalue weighted by Crippen LogP contribution is -2.34. The van der Waals surface area contributed by atoms with Gasteiger partial charge >= 0.3 is 0 Å². The lowest BCUT2D eigenvalue weighted by Gasteiger charge is -2.23. The highest BCUT2D eigenvalue weighted by Crippen LogP contribution is 2.22. The van der Waals surface area contributed by atoms with Gasteiger partial charge in [0, 0.05) is 22.5 Å². The molecule has 1 amide bonds. The maximum absolute atomic E-state index is 12.4. The number of thiophene rings is 1. The van der Waals surface area contributed by atoms with Gasteiger partial charge in [-0.05, 0) is 43.7 Å². The van der Waals surface area contributed by atoms with E-state index in [0.29, 0.717) is 22.5 Å². The van der Waals surface area contributed by atoms with Crippen LogP contribution < -0.4 is 10.7 Å². The first kappa shape index (κ1) is 17.7. The Kier molecular flexibility index (Phi) is 5.22. The van der Waals surface area contributed by atoms with Crippen LogP contribution >= 0.6 is 22.9 Å². The van der Waals surface area contributed by atoms with Crippen LogP contribution in [0.5, 0.6) is 0 Å². The first-order chi connectivity index (χ1) is 12.0. The molecule has 0 unspecified atom stereocenters. The molecule has 0 aliphatic carbocycles. The lowest BCUT2D eigenvalue weighted by molar-refractivity contribution is 0.0915. The van der Waals surface area contributed by atoms with E-state index in [4.69, 9.17) is 16.0 Å². The Balaban J connectivity index is 1.80. The van der Waals surface area contributed by atoms with E-state index in [0.717, 1.165) is 4.88 Å². The summed E-state index contributed by atoms with van der Waals surface area (Å²) in [6.45, 7) is 0.411. The van der Waals surface area contributed by atoms with E-state index in [2.05, 4.69) is 5.32 Å². The number of fused-ring (bicyclic) bond motifs is 1. The number of hydrogen-bond acceptors (Lipinski definition) is 5. The zero-order valence-corrected chi connectivity index (χ0v) is 15.4. The highest BCUT2D eigenvalue weighted by Gasteiger charge is 2.18. The summed E-state index contributed by atoms with van der Waals surface area (Å²) >= 11 is 7.53. The van der Waals surface area contributed by atoms with Crippen molar-refractivity contribution in [2.24, 2.45) is 0 Å². The fourth-order valence-corrected chi connectivity index (χ4v) is 3.63. The quantitative estimate of drug-likeness (QED) is 0.739. The Morgan fingerprint density at radius 3 is 2.80 bits per heavy atom. The fraction of sp³-hybridized carbons (Fsp3) is 0.222. The average Bonchev–Trinajstić information content (AvgIpc) is 3.09. The summed E-state index contributed by atoms with van der Waals surface area (Å²) in [6.07, 6.45) is 0. The van der Waals surface area contributed by atoms with Crippen molar-refractivity contribution < 1.29 is 9.21 Å². The van der Waals surface area contributed by atoms with E-state index in [-0.39, 0.29) is 17.2 Å². The number of amides is 1. The minimum atomic E-state index is -0.419. The van der Waals surface area contributed by atoms with E-state index < -0.39 is 5.91 Å². The van der Waals surface area contributed by atoms with Crippen LogP contribution in [0.25, 0.3) is 11.0 Å². The SMILES string of the molecule is CN(C)[C@H](CNC(=O)c1cc(=O)c2cc(Cl)ccc2o1)c1cccs1. The van der Waals surface area contributed by atoms with Crippen molar-refractivity contribution in [3.05, 3.63) is 67.7 Å². The van der Waals surface area contributed by atoms with Crippen LogP contribution in [0.4, 0.5) is 0 Å². The van der Waals surface area contributed by atoms with Gasteiger partial charge in [0.15, 0.2) is 11.2 Å². The lowest BCUT2D eigenvalue weighted by atomic mass is 10.2. The summed E-state index contributed by atoms with van der Waals surface area (Å²) in [5, 5.41) is 5.64. The minimum Gasteiger partial charge on any atom is -0.451 e. The van der Waals surface area contributed by atoms with Crippen LogP contribution in [0.1, 0.15) is 21.5 Å². The summed E-state index contributed by atoms with van der Waals surface area (Å²) in [5.41, 5.74) is 0.0424. The number of carbonyl (C=O) groups is 1. The van der Waals surface area contributed by atoms with Crippen molar-refractivity contribution in [1.29, 1.82) is 0 Å². The zero-order valence-electron chi connectivity index (χ0n) is 13.8. The normalized spacial score (nSPS) is 12.5. The Morgan fingerprint density at radius 1 is 1.32 bits per heavy atom. The maximum Gasteiger partial charge on any atom is 0.287 e. The number of likely N-dealkylation sites (N-methyl/N-ethyl adjacent to an activating group) is 1. The van der Waals surface area contributed by atoms with Crippen molar-refractivity contribution in [3.63, 3.8) is 0 Å². The number of carbonyl (C=O) groups excluding carboxylic acids is 1. The highest BCUT2D eigenvalue weighted by atomic mass is 35.5. The summed E-state index contributed by atoms with van der Waals surface area (Å²) in [4.78, 5) is 27.8. The second-order valence-corrected chi connectivity index (χ2v) is 7.24. The van der Waals surface area contributed by atoms with Gasteiger partial charge in [-0.15, -0.1) is 11.3 Å². The molecule has 0 saturated carbocycles. The van der Waals surface area contributed by atoms with Crippen molar-refractivity contribution in [3.8, 4) is 0 Å². The van der Waals surface area contributed by atoms with Crippen molar-refractivity contribution in [1.82, 2.24) is 10.2 Å². The monoisotopic (exact) mass is 376 g/mol. The van der Waals surface area contributed by atoms with Gasteiger partial charge in [0.05, 0.1) is 11.4 Å². The summed E-state index contributed by atoms with van der Waals surface area (Å²) in [5.74, 6) is -0.430. The van der Waals surface area contributed by atoms with Crippen molar-refractivity contribution >= 4 is 39.8 Å². The van der Waals surface area contributed by atoms with Crippen LogP contribution in [0.2, 0.25) is 5.02 Å². The van der Waals surface area contributed by atoms with Gasteiger partial charge in [-0.1, -0.05) is 17.7 Å². The van der Waals surface area contributed by atoms with Gasteiger partial charge in [-0.25, -0.2) is 0 Å². The molecule has 7 heteroatoms.